The second-order valence-electron chi connectivity index (χ2n) is 1.93. The van der Waals surface area contributed by atoms with Gasteiger partial charge in [-0.15, -0.1) is 6.42 Å². The second kappa shape index (κ2) is 5.25. The smallest absolute Gasteiger partial charge is 0.0926 e. The van der Waals surface area contributed by atoms with Crippen molar-refractivity contribution < 1.29 is 41.0 Å². The Bertz CT molecular complexity index is 111. The van der Waals surface area contributed by atoms with Crippen molar-refractivity contribution in [1.29, 1.82) is 0 Å². The van der Waals surface area contributed by atoms with Gasteiger partial charge in [-0.05, 0) is 0 Å². The number of nitroso groups, excluding NO2 is 1. The molecular weight excluding hydrogens is 360 g/mol. The number of ether oxygens (including phenoxy) is 1. The van der Waals surface area contributed by atoms with Gasteiger partial charge >= 0.3 is 0 Å². The van der Waals surface area contributed by atoms with Crippen LogP contribution in [0.2, 0.25) is 0 Å². The van der Waals surface area contributed by atoms with Crippen LogP contribution in [0.1, 0.15) is 6.42 Å². The van der Waals surface area contributed by atoms with E-state index in [1.807, 2.05) is 0 Å². The monoisotopic (exact) mass is 368 g/mol. The molecule has 0 bridgehead atoms. The Morgan fingerprint density at radius 1 is 1.80 bits per heavy atom. The number of aliphatic hydroxyl groups is 1. The Labute approximate surface area is 82.7 Å². The number of aliphatic hydroxyl groups excluding tert-OH is 1. The summed E-state index contributed by atoms with van der Waals surface area (Å²) in [4.78, 5) is 9.92. The maximum Gasteiger partial charge on any atom is 0.0926 e. The summed E-state index contributed by atoms with van der Waals surface area (Å²) in [6, 6.07) is -0.380. The van der Waals surface area contributed by atoms with E-state index in [1.54, 1.807) is 0 Å². The zero-order chi connectivity index (χ0) is 6.69. The van der Waals surface area contributed by atoms with Crippen LogP contribution >= 0.6 is 0 Å². The van der Waals surface area contributed by atoms with Crippen LogP contribution in [0.4, 0.5) is 0 Å². The summed E-state index contributed by atoms with van der Waals surface area (Å²) in [7, 11) is 0. The van der Waals surface area contributed by atoms with Gasteiger partial charge in [0.05, 0.1) is 18.8 Å². The van der Waals surface area contributed by atoms with Gasteiger partial charge in [0, 0.05) is 31.1 Å². The Morgan fingerprint density at radius 3 is 2.90 bits per heavy atom. The molecule has 0 saturated carbocycles. The van der Waals surface area contributed by atoms with Crippen LogP contribution in [-0.2, 0) is 4.74 Å². The maximum atomic E-state index is 9.92. The van der Waals surface area contributed by atoms with Crippen molar-refractivity contribution in [3.05, 3.63) is 11.5 Å². The quantitative estimate of drug-likeness (QED) is 0.554. The fourth-order valence-electron chi connectivity index (χ4n) is 0.796. The van der Waals surface area contributed by atoms with Gasteiger partial charge < -0.3 is 9.84 Å². The summed E-state index contributed by atoms with van der Waals surface area (Å²) in [5.74, 6) is 0. The number of hydrogen-bond donors (Lipinski definition) is 1. The fraction of sp³-hybridized carbons (Fsp3) is 0.800. The molecule has 10 heavy (non-hydrogen) atoms. The van der Waals surface area contributed by atoms with Gasteiger partial charge in [0.2, 0.25) is 0 Å². The minimum Gasteiger partial charge on any atom is -0.546 e. The normalized spacial score (nSPS) is 31.3. The Hall–Kier alpha value is 0.572. The molecule has 2 unspecified atom stereocenters. The van der Waals surface area contributed by atoms with Gasteiger partial charge in [-0.2, -0.15) is 4.91 Å². The van der Waals surface area contributed by atoms with E-state index in [2.05, 4.69) is 5.18 Å². The zero-order valence-corrected chi connectivity index (χ0v) is 9.52. The molecule has 1 N–H and O–H groups in total. The molecule has 0 amide bonds. The molecule has 0 radical (unpaired) electrons. The predicted molar refractivity (Wildman–Crippen MR) is 30.5 cm³/mol. The van der Waals surface area contributed by atoms with Crippen molar-refractivity contribution in [3.8, 4) is 0 Å². The van der Waals surface area contributed by atoms with Crippen LogP contribution in [-0.4, -0.2) is 23.9 Å². The summed E-state index contributed by atoms with van der Waals surface area (Å²) in [5.41, 5.74) is 0. The van der Waals surface area contributed by atoms with Crippen molar-refractivity contribution in [3.63, 3.8) is 0 Å². The molecule has 1 saturated heterocycles. The molecule has 1 fully saturated rings. The maximum absolute atomic E-state index is 9.92. The van der Waals surface area contributed by atoms with Crippen LogP contribution in [0, 0.1) is 42.6 Å². The first kappa shape index (κ1) is 10.6. The minimum atomic E-state index is -0.400. The summed E-state index contributed by atoms with van der Waals surface area (Å²) in [5, 5.41) is 11.3. The minimum absolute atomic E-state index is 0. The standard InChI is InChI=1S/C5H8NO3.U/c7-3-5-4(6-8)1-2-9-5;/h2,4-5,7H,1,3H2;/q-1;. The Morgan fingerprint density at radius 2 is 2.50 bits per heavy atom. The molecule has 0 aromatic carbocycles. The first-order valence-corrected chi connectivity index (χ1v) is 2.79. The van der Waals surface area contributed by atoms with Crippen molar-refractivity contribution in [2.75, 3.05) is 6.61 Å². The number of nitrogens with zero attached hydrogens (tertiary/aromatic N) is 1. The molecule has 1 aliphatic rings. The van der Waals surface area contributed by atoms with Crippen molar-refractivity contribution >= 4 is 0 Å². The van der Waals surface area contributed by atoms with Crippen molar-refractivity contribution in [1.82, 2.24) is 0 Å². The van der Waals surface area contributed by atoms with E-state index in [9.17, 15) is 4.91 Å². The van der Waals surface area contributed by atoms with Gasteiger partial charge in [-0.3, -0.25) is 0 Å². The molecule has 4 nitrogen and oxygen atoms in total. The van der Waals surface area contributed by atoms with Gasteiger partial charge in [-0.1, -0.05) is 5.18 Å². The first-order valence-electron chi connectivity index (χ1n) is 2.79. The molecule has 5 heteroatoms. The van der Waals surface area contributed by atoms with Crippen LogP contribution in [0.15, 0.2) is 5.18 Å². The summed E-state index contributed by atoms with van der Waals surface area (Å²) in [6.07, 6.45) is 0.122. The largest absolute Gasteiger partial charge is 0.546 e. The predicted octanol–water partition coefficient (Wildman–Crippen LogP) is 0.0644. The van der Waals surface area contributed by atoms with Crippen LogP contribution in [0.3, 0.4) is 0 Å². The second-order valence-corrected chi connectivity index (χ2v) is 1.93. The zero-order valence-electron chi connectivity index (χ0n) is 5.36. The summed E-state index contributed by atoms with van der Waals surface area (Å²) >= 11 is 0. The molecule has 2 atom stereocenters. The van der Waals surface area contributed by atoms with Crippen LogP contribution in [0.5, 0.6) is 0 Å². The Balaban J connectivity index is 0.000000810. The van der Waals surface area contributed by atoms with Crippen LogP contribution in [0.25, 0.3) is 0 Å². The van der Waals surface area contributed by atoms with E-state index in [4.69, 9.17) is 9.84 Å². The molecule has 0 aromatic rings. The van der Waals surface area contributed by atoms with Gasteiger partial charge in [0.25, 0.3) is 0 Å². The summed E-state index contributed by atoms with van der Waals surface area (Å²) in [6.45, 7) is 1.37. The van der Waals surface area contributed by atoms with Gasteiger partial charge in [0.1, 0.15) is 0 Å². The Kier molecular flexibility index (Phi) is 5.55. The van der Waals surface area contributed by atoms with Gasteiger partial charge in [-0.25, -0.2) is 6.61 Å². The van der Waals surface area contributed by atoms with E-state index in [0.29, 0.717) is 6.42 Å². The molecule has 1 aliphatic heterocycles. The molecule has 56 valence electrons. The van der Waals surface area contributed by atoms with E-state index in [0.717, 1.165) is 0 Å². The van der Waals surface area contributed by atoms with E-state index < -0.39 is 6.10 Å². The van der Waals surface area contributed by atoms with E-state index >= 15 is 0 Å². The topological polar surface area (TPSA) is 58.9 Å². The van der Waals surface area contributed by atoms with Crippen molar-refractivity contribution in [2.45, 2.75) is 18.6 Å². The van der Waals surface area contributed by atoms with E-state index in [-0.39, 0.29) is 43.8 Å². The SMILES string of the molecule is O=NC1C[CH-]OC1CO.[U]. The van der Waals surface area contributed by atoms with Gasteiger partial charge in [0.15, 0.2) is 0 Å². The molecule has 1 rings (SSSR count). The number of rotatable bonds is 2. The van der Waals surface area contributed by atoms with E-state index in [1.165, 1.54) is 6.61 Å². The fourth-order valence-corrected chi connectivity index (χ4v) is 0.796. The molecular formula is C5H8NO3U-. The molecule has 1 heterocycles. The third-order valence-corrected chi connectivity index (χ3v) is 1.35. The molecule has 0 aliphatic carbocycles. The summed E-state index contributed by atoms with van der Waals surface area (Å²) < 4.78 is 4.84. The average molecular weight is 368 g/mol. The first-order chi connectivity index (χ1) is 4.38. The average Bonchev–Trinajstić information content (AvgIpc) is 2.33. The third kappa shape index (κ3) is 2.31. The third-order valence-electron chi connectivity index (χ3n) is 1.35. The number of hydrogen-bond acceptors (Lipinski definition) is 4. The van der Waals surface area contributed by atoms with Crippen LogP contribution < -0.4 is 0 Å². The molecule has 0 aromatic heterocycles. The van der Waals surface area contributed by atoms with Crippen molar-refractivity contribution in [2.24, 2.45) is 5.18 Å². The molecule has 0 spiro atoms.